The Kier molecular flexibility index (Phi) is 3.56. The van der Waals surface area contributed by atoms with Gasteiger partial charge in [0.05, 0.1) is 0 Å². The van der Waals surface area contributed by atoms with Gasteiger partial charge in [-0.2, -0.15) is 0 Å². The lowest BCUT2D eigenvalue weighted by Gasteiger charge is -2.22. The molecule has 0 aliphatic heterocycles. The van der Waals surface area contributed by atoms with E-state index in [-0.39, 0.29) is 0 Å². The number of para-hydroxylation sites is 1. The maximum atomic E-state index is 5.89. The number of nitrogen functional groups attached to an aromatic ring is 1. The lowest BCUT2D eigenvalue weighted by Crippen LogP contribution is -2.11. The molecule has 14 heavy (non-hydrogen) atoms. The maximum Gasteiger partial charge on any atom is 0.0346 e. The third kappa shape index (κ3) is 3.06. The fourth-order valence-corrected chi connectivity index (χ4v) is 1.41. The van der Waals surface area contributed by atoms with Gasteiger partial charge in [0.2, 0.25) is 0 Å². The van der Waals surface area contributed by atoms with Crippen molar-refractivity contribution < 1.29 is 0 Å². The molecule has 2 N–H and O–H groups in total. The second kappa shape index (κ2) is 4.50. The zero-order chi connectivity index (χ0) is 10.6. The summed E-state index contributed by atoms with van der Waals surface area (Å²) in [5.74, 6) is 0. The number of anilines is 1. The van der Waals surface area contributed by atoms with E-state index >= 15 is 0 Å². The van der Waals surface area contributed by atoms with Gasteiger partial charge in [0.25, 0.3) is 0 Å². The molecule has 1 aromatic carbocycles. The summed E-state index contributed by atoms with van der Waals surface area (Å²) in [7, 11) is 0. The SMILES string of the molecule is CCC(C)(C)CCc1ccccc1N. The van der Waals surface area contributed by atoms with E-state index in [2.05, 4.69) is 32.9 Å². The van der Waals surface area contributed by atoms with Crippen molar-refractivity contribution in [3.63, 3.8) is 0 Å². The van der Waals surface area contributed by atoms with Gasteiger partial charge in [0.15, 0.2) is 0 Å². The first-order valence-electron chi connectivity index (χ1n) is 5.38. The van der Waals surface area contributed by atoms with E-state index in [1.165, 1.54) is 18.4 Å². The van der Waals surface area contributed by atoms with Crippen molar-refractivity contribution in [2.24, 2.45) is 5.41 Å². The van der Waals surface area contributed by atoms with Crippen LogP contribution in [0.5, 0.6) is 0 Å². The van der Waals surface area contributed by atoms with Crippen LogP contribution in [0, 0.1) is 5.41 Å². The molecule has 0 aliphatic rings. The van der Waals surface area contributed by atoms with Gasteiger partial charge < -0.3 is 5.73 Å². The molecule has 0 radical (unpaired) electrons. The number of hydrogen-bond acceptors (Lipinski definition) is 1. The van der Waals surface area contributed by atoms with Gasteiger partial charge in [-0.1, -0.05) is 45.4 Å². The van der Waals surface area contributed by atoms with Crippen molar-refractivity contribution in [3.8, 4) is 0 Å². The number of nitrogens with two attached hydrogens (primary N) is 1. The summed E-state index contributed by atoms with van der Waals surface area (Å²) in [5.41, 5.74) is 8.54. The Balaban J connectivity index is 2.58. The average molecular weight is 191 g/mol. The molecule has 0 atom stereocenters. The highest BCUT2D eigenvalue weighted by molar-refractivity contribution is 5.46. The van der Waals surface area contributed by atoms with E-state index in [9.17, 15) is 0 Å². The zero-order valence-electron chi connectivity index (χ0n) is 9.51. The fourth-order valence-electron chi connectivity index (χ4n) is 1.41. The quantitative estimate of drug-likeness (QED) is 0.722. The minimum atomic E-state index is 0.433. The van der Waals surface area contributed by atoms with E-state index in [1.54, 1.807) is 0 Å². The molecular formula is C13H21N. The highest BCUT2D eigenvalue weighted by Crippen LogP contribution is 2.27. The summed E-state index contributed by atoms with van der Waals surface area (Å²) < 4.78 is 0. The van der Waals surface area contributed by atoms with Crippen LogP contribution in [0.25, 0.3) is 0 Å². The van der Waals surface area contributed by atoms with E-state index < -0.39 is 0 Å². The molecule has 1 nitrogen and oxygen atoms in total. The van der Waals surface area contributed by atoms with Gasteiger partial charge >= 0.3 is 0 Å². The molecule has 0 bridgehead atoms. The predicted molar refractivity (Wildman–Crippen MR) is 63.2 cm³/mol. The molecule has 0 unspecified atom stereocenters. The van der Waals surface area contributed by atoms with Gasteiger partial charge in [-0.15, -0.1) is 0 Å². The zero-order valence-corrected chi connectivity index (χ0v) is 9.51. The molecule has 0 amide bonds. The Hall–Kier alpha value is -0.980. The van der Waals surface area contributed by atoms with Gasteiger partial charge in [0.1, 0.15) is 0 Å². The second-order valence-corrected chi connectivity index (χ2v) is 4.72. The molecule has 0 aliphatic carbocycles. The van der Waals surface area contributed by atoms with Crippen LogP contribution in [0.3, 0.4) is 0 Å². The normalized spacial score (nSPS) is 11.6. The third-order valence-electron chi connectivity index (χ3n) is 3.08. The average Bonchev–Trinajstić information content (AvgIpc) is 2.17. The Morgan fingerprint density at radius 3 is 2.43 bits per heavy atom. The standard InChI is InChI=1S/C13H21N/c1-4-13(2,3)10-9-11-7-5-6-8-12(11)14/h5-8H,4,9-10,14H2,1-3H3. The highest BCUT2D eigenvalue weighted by Gasteiger charge is 2.14. The molecule has 0 fully saturated rings. The van der Waals surface area contributed by atoms with Crippen LogP contribution in [0.4, 0.5) is 5.69 Å². The molecular weight excluding hydrogens is 170 g/mol. The molecule has 1 aromatic rings. The van der Waals surface area contributed by atoms with Crippen LogP contribution in [0.15, 0.2) is 24.3 Å². The monoisotopic (exact) mass is 191 g/mol. The Morgan fingerprint density at radius 1 is 1.21 bits per heavy atom. The fraction of sp³-hybridized carbons (Fsp3) is 0.538. The Labute approximate surface area is 87.3 Å². The van der Waals surface area contributed by atoms with Crippen LogP contribution < -0.4 is 5.73 Å². The topological polar surface area (TPSA) is 26.0 Å². The summed E-state index contributed by atoms with van der Waals surface area (Å²) in [5, 5.41) is 0. The van der Waals surface area contributed by atoms with Crippen LogP contribution in [-0.4, -0.2) is 0 Å². The molecule has 1 rings (SSSR count). The summed E-state index contributed by atoms with van der Waals surface area (Å²) in [6, 6.07) is 8.16. The first-order valence-corrected chi connectivity index (χ1v) is 5.38. The first-order chi connectivity index (χ1) is 6.55. The highest BCUT2D eigenvalue weighted by atomic mass is 14.6. The lowest BCUT2D eigenvalue weighted by atomic mass is 9.84. The van der Waals surface area contributed by atoms with Crippen LogP contribution in [0.1, 0.15) is 39.2 Å². The number of rotatable bonds is 4. The molecule has 0 heterocycles. The smallest absolute Gasteiger partial charge is 0.0346 e. The number of aryl methyl sites for hydroxylation is 1. The van der Waals surface area contributed by atoms with E-state index in [0.717, 1.165) is 12.1 Å². The van der Waals surface area contributed by atoms with Gasteiger partial charge in [0, 0.05) is 5.69 Å². The maximum absolute atomic E-state index is 5.89. The minimum absolute atomic E-state index is 0.433. The van der Waals surface area contributed by atoms with Crippen molar-refractivity contribution >= 4 is 5.69 Å². The predicted octanol–water partition coefficient (Wildman–Crippen LogP) is 3.64. The van der Waals surface area contributed by atoms with Gasteiger partial charge in [-0.3, -0.25) is 0 Å². The summed E-state index contributed by atoms with van der Waals surface area (Å²) in [6.07, 6.45) is 3.52. The van der Waals surface area contributed by atoms with E-state index in [4.69, 9.17) is 5.73 Å². The molecule has 0 spiro atoms. The largest absolute Gasteiger partial charge is 0.399 e. The van der Waals surface area contributed by atoms with E-state index in [0.29, 0.717) is 5.41 Å². The van der Waals surface area contributed by atoms with Crippen molar-refractivity contribution in [2.75, 3.05) is 5.73 Å². The van der Waals surface area contributed by atoms with E-state index in [1.807, 2.05) is 12.1 Å². The molecule has 0 aromatic heterocycles. The first kappa shape index (κ1) is 11.1. The number of hydrogen-bond donors (Lipinski definition) is 1. The van der Waals surface area contributed by atoms with Crippen LogP contribution in [-0.2, 0) is 6.42 Å². The molecule has 0 saturated heterocycles. The van der Waals surface area contributed by atoms with Crippen molar-refractivity contribution in [2.45, 2.75) is 40.0 Å². The second-order valence-electron chi connectivity index (χ2n) is 4.72. The molecule has 0 saturated carbocycles. The van der Waals surface area contributed by atoms with Gasteiger partial charge in [-0.25, -0.2) is 0 Å². The lowest BCUT2D eigenvalue weighted by molar-refractivity contribution is 0.323. The Bertz CT molecular complexity index is 289. The molecule has 1 heteroatoms. The van der Waals surface area contributed by atoms with Crippen LogP contribution >= 0.6 is 0 Å². The van der Waals surface area contributed by atoms with Crippen molar-refractivity contribution in [3.05, 3.63) is 29.8 Å². The summed E-state index contributed by atoms with van der Waals surface area (Å²) in [6.45, 7) is 6.87. The van der Waals surface area contributed by atoms with Crippen molar-refractivity contribution in [1.82, 2.24) is 0 Å². The van der Waals surface area contributed by atoms with Crippen LogP contribution in [0.2, 0.25) is 0 Å². The van der Waals surface area contributed by atoms with Gasteiger partial charge in [-0.05, 0) is 29.9 Å². The third-order valence-corrected chi connectivity index (χ3v) is 3.08. The minimum Gasteiger partial charge on any atom is -0.399 e. The van der Waals surface area contributed by atoms with Crippen molar-refractivity contribution in [1.29, 1.82) is 0 Å². The summed E-state index contributed by atoms with van der Waals surface area (Å²) in [4.78, 5) is 0. The summed E-state index contributed by atoms with van der Waals surface area (Å²) >= 11 is 0. The number of benzene rings is 1. The Morgan fingerprint density at radius 2 is 1.86 bits per heavy atom. The molecule has 78 valence electrons.